The fourth-order valence-electron chi connectivity index (χ4n) is 0.455. The lowest BCUT2D eigenvalue weighted by molar-refractivity contribution is 0.281. The summed E-state index contributed by atoms with van der Waals surface area (Å²) in [5.41, 5.74) is 0. The zero-order valence-electron chi connectivity index (χ0n) is 4.33. The van der Waals surface area contributed by atoms with Gasteiger partial charge in [-0.05, 0) is 12.2 Å². The summed E-state index contributed by atoms with van der Waals surface area (Å²) in [6.45, 7) is 0. The molecule has 0 fully saturated rings. The van der Waals surface area contributed by atoms with Crippen LogP contribution >= 0.6 is 0 Å². The first-order valence-corrected chi connectivity index (χ1v) is 2.42. The van der Waals surface area contributed by atoms with Gasteiger partial charge in [-0.3, -0.25) is 0 Å². The zero-order valence-corrected chi connectivity index (χ0v) is 4.33. The minimum Gasteiger partial charge on any atom is -0.377 e. The largest absolute Gasteiger partial charge is 0.377 e. The van der Waals surface area contributed by atoms with Crippen LogP contribution in [0.3, 0.4) is 0 Å². The molecule has 1 aliphatic carbocycles. The second-order valence-corrected chi connectivity index (χ2v) is 1.48. The van der Waals surface area contributed by atoms with Gasteiger partial charge in [0.2, 0.25) is 0 Å². The molecule has 0 saturated heterocycles. The van der Waals surface area contributed by atoms with Crippen LogP contribution in [0.15, 0.2) is 24.3 Å². The molecule has 40 valence electrons. The topological polar surface area (TPSA) is 20.2 Å². The second kappa shape index (κ2) is 2.34. The fraction of sp³-hybridized carbons (Fsp3) is 0.143. The molecule has 0 aliphatic heterocycles. The average Bonchev–Trinajstić information content (AvgIpc) is 1.94. The highest BCUT2D eigenvalue weighted by Gasteiger charge is 1.88. The van der Waals surface area contributed by atoms with Crippen molar-refractivity contribution in [1.29, 1.82) is 0 Å². The molecule has 1 atom stereocenters. The third-order valence-electron chi connectivity index (χ3n) is 0.815. The molecule has 1 unspecified atom stereocenters. The Morgan fingerprint density at radius 2 is 2.25 bits per heavy atom. The SMILES string of the molecule is OC1C#CC=CC=C1. The molecule has 1 nitrogen and oxygen atoms in total. The Bertz CT molecular complexity index is 178. The minimum atomic E-state index is -0.579. The molecule has 1 aliphatic rings. The summed E-state index contributed by atoms with van der Waals surface area (Å²) < 4.78 is 0. The monoisotopic (exact) mass is 106 g/mol. The second-order valence-electron chi connectivity index (χ2n) is 1.48. The van der Waals surface area contributed by atoms with Crippen molar-refractivity contribution in [2.45, 2.75) is 6.10 Å². The molecule has 0 saturated carbocycles. The predicted molar refractivity (Wildman–Crippen MR) is 32.1 cm³/mol. The summed E-state index contributed by atoms with van der Waals surface area (Å²) >= 11 is 0. The van der Waals surface area contributed by atoms with Crippen LogP contribution < -0.4 is 0 Å². The number of aliphatic hydroxyl groups excluding tert-OH is 1. The quantitative estimate of drug-likeness (QED) is 0.445. The van der Waals surface area contributed by atoms with E-state index in [1.807, 2.05) is 0 Å². The molecule has 0 aromatic carbocycles. The van der Waals surface area contributed by atoms with Gasteiger partial charge in [0.1, 0.15) is 6.10 Å². The van der Waals surface area contributed by atoms with Crippen LogP contribution in [0.1, 0.15) is 0 Å². The number of aliphatic hydroxyl groups is 1. The highest BCUT2D eigenvalue weighted by Crippen LogP contribution is 1.87. The van der Waals surface area contributed by atoms with Gasteiger partial charge in [0, 0.05) is 0 Å². The van der Waals surface area contributed by atoms with E-state index in [1.165, 1.54) is 0 Å². The highest BCUT2D eigenvalue weighted by atomic mass is 16.3. The van der Waals surface area contributed by atoms with Gasteiger partial charge >= 0.3 is 0 Å². The van der Waals surface area contributed by atoms with Crippen LogP contribution in [-0.2, 0) is 0 Å². The van der Waals surface area contributed by atoms with E-state index in [-0.39, 0.29) is 0 Å². The summed E-state index contributed by atoms with van der Waals surface area (Å²) in [6.07, 6.45) is 6.31. The highest BCUT2D eigenvalue weighted by molar-refractivity contribution is 5.28. The lowest BCUT2D eigenvalue weighted by Crippen LogP contribution is -1.94. The van der Waals surface area contributed by atoms with Crippen LogP contribution in [0.2, 0.25) is 0 Å². The van der Waals surface area contributed by atoms with Crippen molar-refractivity contribution in [2.75, 3.05) is 0 Å². The predicted octanol–water partition coefficient (Wildman–Crippen LogP) is 0.477. The summed E-state index contributed by atoms with van der Waals surface area (Å²) in [5.74, 6) is 5.23. The van der Waals surface area contributed by atoms with Crippen molar-refractivity contribution in [3.63, 3.8) is 0 Å². The van der Waals surface area contributed by atoms with E-state index in [2.05, 4.69) is 11.8 Å². The maximum atomic E-state index is 8.79. The van der Waals surface area contributed by atoms with Gasteiger partial charge in [0.15, 0.2) is 0 Å². The van der Waals surface area contributed by atoms with Crippen LogP contribution in [-0.4, -0.2) is 11.2 Å². The summed E-state index contributed by atoms with van der Waals surface area (Å²) in [5, 5.41) is 8.79. The smallest absolute Gasteiger partial charge is 0.134 e. The molecular formula is C7H6O. The molecule has 0 heterocycles. The van der Waals surface area contributed by atoms with Gasteiger partial charge < -0.3 is 5.11 Å². The summed E-state index contributed by atoms with van der Waals surface area (Å²) in [6, 6.07) is 0. The van der Waals surface area contributed by atoms with E-state index >= 15 is 0 Å². The summed E-state index contributed by atoms with van der Waals surface area (Å²) in [4.78, 5) is 0. The molecule has 0 spiro atoms. The minimum absolute atomic E-state index is 0.579. The maximum absolute atomic E-state index is 8.79. The first-order chi connectivity index (χ1) is 3.89. The van der Waals surface area contributed by atoms with E-state index in [1.54, 1.807) is 24.3 Å². The molecule has 1 heteroatoms. The normalized spacial score (nSPS) is 23.9. The van der Waals surface area contributed by atoms with Crippen LogP contribution in [0.5, 0.6) is 0 Å². The standard InChI is InChI=1S/C7H6O/c8-7-5-3-1-2-4-6-7/h1-3,5,7-8H. The first kappa shape index (κ1) is 5.14. The first-order valence-electron chi connectivity index (χ1n) is 2.42. The Labute approximate surface area is 48.3 Å². The maximum Gasteiger partial charge on any atom is 0.134 e. The van der Waals surface area contributed by atoms with E-state index < -0.39 is 6.10 Å². The van der Waals surface area contributed by atoms with E-state index in [4.69, 9.17) is 5.11 Å². The van der Waals surface area contributed by atoms with Gasteiger partial charge in [-0.15, -0.1) is 0 Å². The molecule has 0 aromatic rings. The zero-order chi connectivity index (χ0) is 5.82. The number of hydrogen-bond acceptors (Lipinski definition) is 1. The van der Waals surface area contributed by atoms with E-state index in [0.29, 0.717) is 0 Å². The lowest BCUT2D eigenvalue weighted by atomic mass is 10.3. The number of hydrogen-bond donors (Lipinski definition) is 1. The van der Waals surface area contributed by atoms with Crippen molar-refractivity contribution < 1.29 is 5.11 Å². The third-order valence-corrected chi connectivity index (χ3v) is 0.815. The number of rotatable bonds is 0. The molecular weight excluding hydrogens is 100 g/mol. The molecule has 0 radical (unpaired) electrons. The van der Waals surface area contributed by atoms with Crippen molar-refractivity contribution >= 4 is 0 Å². The molecule has 0 bridgehead atoms. The fourth-order valence-corrected chi connectivity index (χ4v) is 0.455. The van der Waals surface area contributed by atoms with E-state index in [9.17, 15) is 0 Å². The molecule has 1 rings (SSSR count). The van der Waals surface area contributed by atoms with Gasteiger partial charge in [-0.25, -0.2) is 0 Å². The third kappa shape index (κ3) is 1.25. The summed E-state index contributed by atoms with van der Waals surface area (Å²) in [7, 11) is 0. The van der Waals surface area contributed by atoms with Crippen molar-refractivity contribution in [1.82, 2.24) is 0 Å². The van der Waals surface area contributed by atoms with Crippen molar-refractivity contribution in [3.05, 3.63) is 24.3 Å². The van der Waals surface area contributed by atoms with Crippen LogP contribution in [0.4, 0.5) is 0 Å². The lowest BCUT2D eigenvalue weighted by Gasteiger charge is -1.86. The average molecular weight is 106 g/mol. The Hall–Kier alpha value is -1.00. The Balaban J connectivity index is 2.73. The van der Waals surface area contributed by atoms with E-state index in [0.717, 1.165) is 0 Å². The Morgan fingerprint density at radius 3 is 3.12 bits per heavy atom. The van der Waals surface area contributed by atoms with Gasteiger partial charge in [0.25, 0.3) is 0 Å². The van der Waals surface area contributed by atoms with Gasteiger partial charge in [-0.2, -0.15) is 0 Å². The molecule has 8 heavy (non-hydrogen) atoms. The van der Waals surface area contributed by atoms with Crippen LogP contribution in [0, 0.1) is 11.8 Å². The Morgan fingerprint density at radius 1 is 1.38 bits per heavy atom. The molecule has 1 N–H and O–H groups in total. The van der Waals surface area contributed by atoms with Gasteiger partial charge in [-0.1, -0.05) is 24.0 Å². The van der Waals surface area contributed by atoms with Crippen LogP contribution in [0.25, 0.3) is 0 Å². The molecule has 0 amide bonds. The number of allylic oxidation sites excluding steroid dienone is 3. The molecule has 0 aromatic heterocycles. The van der Waals surface area contributed by atoms with Gasteiger partial charge in [0.05, 0.1) is 0 Å². The van der Waals surface area contributed by atoms with Crippen molar-refractivity contribution in [3.8, 4) is 11.8 Å². The Kier molecular flexibility index (Phi) is 1.51. The van der Waals surface area contributed by atoms with Crippen molar-refractivity contribution in [2.24, 2.45) is 0 Å².